The van der Waals surface area contributed by atoms with Crippen LogP contribution in [0.3, 0.4) is 0 Å². The van der Waals surface area contributed by atoms with Gasteiger partial charge in [0.15, 0.2) is 6.61 Å². The molecule has 0 aliphatic rings. The summed E-state index contributed by atoms with van der Waals surface area (Å²) in [5.74, 6) is -1.52. The Kier molecular flexibility index (Phi) is 7.08. The zero-order chi connectivity index (χ0) is 16.5. The molecule has 22 heavy (non-hydrogen) atoms. The van der Waals surface area contributed by atoms with Gasteiger partial charge in [0, 0.05) is 14.1 Å². The number of amides is 2. The van der Waals surface area contributed by atoms with Crippen molar-refractivity contribution in [3.05, 3.63) is 35.9 Å². The molecule has 120 valence electrons. The summed E-state index contributed by atoms with van der Waals surface area (Å²) >= 11 is 0. The van der Waals surface area contributed by atoms with Crippen molar-refractivity contribution in [3.63, 3.8) is 0 Å². The van der Waals surface area contributed by atoms with Crippen LogP contribution in [0.4, 0.5) is 0 Å². The third-order valence-corrected chi connectivity index (χ3v) is 3.32. The lowest BCUT2D eigenvalue weighted by molar-refractivity contribution is -0.153. The SMILES string of the molecule is CC[C@H](C(=O)OCC(=O)N(C)CC(=O)NC)c1ccccc1. The maximum atomic E-state index is 12.1. The highest BCUT2D eigenvalue weighted by atomic mass is 16.5. The van der Waals surface area contributed by atoms with E-state index in [1.807, 2.05) is 37.3 Å². The predicted molar refractivity (Wildman–Crippen MR) is 82.1 cm³/mol. The van der Waals surface area contributed by atoms with Crippen molar-refractivity contribution < 1.29 is 19.1 Å². The lowest BCUT2D eigenvalue weighted by atomic mass is 9.97. The van der Waals surface area contributed by atoms with E-state index in [4.69, 9.17) is 4.74 Å². The van der Waals surface area contributed by atoms with Crippen LogP contribution in [0.5, 0.6) is 0 Å². The Balaban J connectivity index is 2.54. The van der Waals surface area contributed by atoms with Gasteiger partial charge in [-0.2, -0.15) is 0 Å². The van der Waals surface area contributed by atoms with Gasteiger partial charge in [-0.05, 0) is 12.0 Å². The minimum atomic E-state index is -0.435. The van der Waals surface area contributed by atoms with E-state index >= 15 is 0 Å². The lowest BCUT2D eigenvalue weighted by Gasteiger charge is -2.18. The van der Waals surface area contributed by atoms with Gasteiger partial charge in [0.05, 0.1) is 12.5 Å². The van der Waals surface area contributed by atoms with Crippen LogP contribution in [0, 0.1) is 0 Å². The van der Waals surface area contributed by atoms with E-state index in [2.05, 4.69) is 5.32 Å². The van der Waals surface area contributed by atoms with E-state index < -0.39 is 17.8 Å². The number of benzene rings is 1. The zero-order valence-corrected chi connectivity index (χ0v) is 13.2. The number of hydrogen-bond acceptors (Lipinski definition) is 4. The van der Waals surface area contributed by atoms with Crippen LogP contribution >= 0.6 is 0 Å². The van der Waals surface area contributed by atoms with Crippen molar-refractivity contribution in [2.24, 2.45) is 0 Å². The summed E-state index contributed by atoms with van der Waals surface area (Å²) in [5.41, 5.74) is 0.862. The molecule has 1 N–H and O–H groups in total. The molecule has 0 aliphatic carbocycles. The molecule has 1 rings (SSSR count). The molecule has 1 atom stereocenters. The smallest absolute Gasteiger partial charge is 0.313 e. The number of ether oxygens (including phenoxy) is 1. The Labute approximate surface area is 130 Å². The van der Waals surface area contributed by atoms with Crippen molar-refractivity contribution in [1.29, 1.82) is 0 Å². The Hall–Kier alpha value is -2.37. The third-order valence-electron chi connectivity index (χ3n) is 3.32. The molecule has 0 fully saturated rings. The number of esters is 1. The Morgan fingerprint density at radius 3 is 2.41 bits per heavy atom. The van der Waals surface area contributed by atoms with Gasteiger partial charge in [-0.1, -0.05) is 37.3 Å². The largest absolute Gasteiger partial charge is 0.455 e. The van der Waals surface area contributed by atoms with Gasteiger partial charge >= 0.3 is 5.97 Å². The second-order valence-corrected chi connectivity index (χ2v) is 4.90. The molecule has 0 aliphatic heterocycles. The monoisotopic (exact) mass is 306 g/mol. The van der Waals surface area contributed by atoms with E-state index in [1.54, 1.807) is 0 Å². The zero-order valence-electron chi connectivity index (χ0n) is 13.2. The van der Waals surface area contributed by atoms with Crippen LogP contribution in [0.1, 0.15) is 24.8 Å². The molecule has 2 amide bonds. The molecule has 0 unspecified atom stereocenters. The first-order chi connectivity index (χ1) is 10.5. The molecule has 1 aromatic carbocycles. The molecule has 6 heteroatoms. The molecule has 0 bridgehead atoms. The Morgan fingerprint density at radius 1 is 1.23 bits per heavy atom. The molecular weight excluding hydrogens is 284 g/mol. The fourth-order valence-corrected chi connectivity index (χ4v) is 1.95. The molecule has 1 aromatic rings. The summed E-state index contributed by atoms with van der Waals surface area (Å²) in [5, 5.41) is 2.42. The van der Waals surface area contributed by atoms with Crippen molar-refractivity contribution in [2.45, 2.75) is 19.3 Å². The number of likely N-dealkylation sites (N-methyl/N-ethyl adjacent to an activating group) is 2. The Bertz CT molecular complexity index is 516. The van der Waals surface area contributed by atoms with Gasteiger partial charge in [0.2, 0.25) is 5.91 Å². The molecule has 0 heterocycles. The minimum Gasteiger partial charge on any atom is -0.455 e. The van der Waals surface area contributed by atoms with Crippen LogP contribution in [0.15, 0.2) is 30.3 Å². The van der Waals surface area contributed by atoms with E-state index in [0.29, 0.717) is 6.42 Å². The van der Waals surface area contributed by atoms with Gasteiger partial charge in [-0.15, -0.1) is 0 Å². The van der Waals surface area contributed by atoms with Crippen LogP contribution in [-0.2, 0) is 19.1 Å². The summed E-state index contributed by atoms with van der Waals surface area (Å²) in [6.07, 6.45) is 0.588. The maximum absolute atomic E-state index is 12.1. The minimum absolute atomic E-state index is 0.0667. The average Bonchev–Trinajstić information content (AvgIpc) is 2.54. The van der Waals surface area contributed by atoms with E-state index in [0.717, 1.165) is 5.56 Å². The second kappa shape index (κ2) is 8.81. The lowest BCUT2D eigenvalue weighted by Crippen LogP contribution is -2.39. The highest BCUT2D eigenvalue weighted by molar-refractivity contribution is 5.86. The average molecular weight is 306 g/mol. The first-order valence-corrected chi connectivity index (χ1v) is 7.15. The summed E-state index contributed by atoms with van der Waals surface area (Å²) in [7, 11) is 2.98. The van der Waals surface area contributed by atoms with Gasteiger partial charge in [-0.3, -0.25) is 14.4 Å². The quantitative estimate of drug-likeness (QED) is 0.760. The summed E-state index contributed by atoms with van der Waals surface area (Å²) < 4.78 is 5.09. The van der Waals surface area contributed by atoms with Gasteiger partial charge < -0.3 is 15.0 Å². The fraction of sp³-hybridized carbons (Fsp3) is 0.438. The summed E-state index contributed by atoms with van der Waals surface area (Å²) in [4.78, 5) is 36.3. The predicted octanol–water partition coefficient (Wildman–Crippen LogP) is 0.928. The van der Waals surface area contributed by atoms with Crippen molar-refractivity contribution in [2.75, 3.05) is 27.2 Å². The number of rotatable bonds is 7. The molecule has 0 radical (unpaired) electrons. The number of carbonyl (C=O) groups excluding carboxylic acids is 3. The van der Waals surface area contributed by atoms with E-state index in [-0.39, 0.29) is 19.1 Å². The summed E-state index contributed by atoms with van der Waals surface area (Å²) in [6, 6.07) is 9.30. The topological polar surface area (TPSA) is 75.7 Å². The second-order valence-electron chi connectivity index (χ2n) is 4.90. The maximum Gasteiger partial charge on any atom is 0.313 e. The highest BCUT2D eigenvalue weighted by Crippen LogP contribution is 2.20. The van der Waals surface area contributed by atoms with Crippen molar-refractivity contribution in [1.82, 2.24) is 10.2 Å². The van der Waals surface area contributed by atoms with Crippen molar-refractivity contribution >= 4 is 17.8 Å². The first-order valence-electron chi connectivity index (χ1n) is 7.15. The molecule has 0 aromatic heterocycles. The number of hydrogen-bond donors (Lipinski definition) is 1. The molecule has 0 saturated heterocycles. The van der Waals surface area contributed by atoms with Crippen LogP contribution < -0.4 is 5.32 Å². The number of nitrogens with zero attached hydrogens (tertiary/aromatic N) is 1. The molecule has 6 nitrogen and oxygen atoms in total. The van der Waals surface area contributed by atoms with Crippen molar-refractivity contribution in [3.8, 4) is 0 Å². The van der Waals surface area contributed by atoms with E-state index in [1.165, 1.54) is 19.0 Å². The molecule has 0 saturated carbocycles. The first kappa shape index (κ1) is 17.7. The summed E-state index contributed by atoms with van der Waals surface area (Å²) in [6.45, 7) is 1.46. The molecule has 0 spiro atoms. The third kappa shape index (κ3) is 5.20. The van der Waals surface area contributed by atoms with Crippen LogP contribution in [-0.4, -0.2) is 49.9 Å². The number of nitrogens with one attached hydrogen (secondary N) is 1. The van der Waals surface area contributed by atoms with Crippen LogP contribution in [0.2, 0.25) is 0 Å². The van der Waals surface area contributed by atoms with E-state index in [9.17, 15) is 14.4 Å². The van der Waals surface area contributed by atoms with Gasteiger partial charge in [-0.25, -0.2) is 0 Å². The van der Waals surface area contributed by atoms with Gasteiger partial charge in [0.25, 0.3) is 5.91 Å². The Morgan fingerprint density at radius 2 is 1.86 bits per heavy atom. The fourth-order valence-electron chi connectivity index (χ4n) is 1.95. The number of carbonyl (C=O) groups is 3. The highest BCUT2D eigenvalue weighted by Gasteiger charge is 2.22. The standard InChI is InChI=1S/C16H22N2O4/c1-4-13(12-8-6-5-7-9-12)16(21)22-11-15(20)18(3)10-14(19)17-2/h5-9,13H,4,10-11H2,1-3H3,(H,17,19)/t13-/m0/s1. The normalized spacial score (nSPS) is 11.4. The van der Waals surface area contributed by atoms with Gasteiger partial charge in [0.1, 0.15) is 0 Å². The van der Waals surface area contributed by atoms with Crippen LogP contribution in [0.25, 0.3) is 0 Å². The molecular formula is C16H22N2O4.